The summed E-state index contributed by atoms with van der Waals surface area (Å²) >= 11 is 0. The van der Waals surface area contributed by atoms with Crippen molar-refractivity contribution >= 4 is 11.6 Å². The Kier molecular flexibility index (Phi) is 3.17. The molecule has 0 aromatic carbocycles. The molecule has 4 nitrogen and oxygen atoms in total. The number of nitrogens with zero attached hydrogens (tertiary/aromatic N) is 3. The number of hydrogen-bond donors (Lipinski definition) is 1. The van der Waals surface area contributed by atoms with Gasteiger partial charge in [-0.25, -0.2) is 4.52 Å². The second-order valence-electron chi connectivity index (χ2n) is 5.34. The summed E-state index contributed by atoms with van der Waals surface area (Å²) in [6.07, 6.45) is 7.39. The molecule has 2 heterocycles. The maximum Gasteiger partial charge on any atom is 0.243 e. The van der Waals surface area contributed by atoms with Crippen molar-refractivity contribution in [3.8, 4) is 0 Å². The molecular weight excluding hydrogens is 224 g/mol. The number of aromatic nitrogens is 3. The van der Waals surface area contributed by atoms with Gasteiger partial charge in [-0.15, -0.1) is 5.10 Å². The second-order valence-corrected chi connectivity index (χ2v) is 5.34. The van der Waals surface area contributed by atoms with Gasteiger partial charge < -0.3 is 5.32 Å². The minimum Gasteiger partial charge on any atom is -0.353 e. The molecule has 4 heteroatoms. The molecule has 2 aromatic heterocycles. The van der Waals surface area contributed by atoms with Gasteiger partial charge in [-0.3, -0.25) is 0 Å². The van der Waals surface area contributed by atoms with Gasteiger partial charge in [0.1, 0.15) is 0 Å². The lowest BCUT2D eigenvalue weighted by molar-refractivity contribution is 0.268. The van der Waals surface area contributed by atoms with Crippen LogP contribution in [0.3, 0.4) is 0 Å². The normalized spacial score (nSPS) is 24.3. The summed E-state index contributed by atoms with van der Waals surface area (Å²) in [5, 5.41) is 7.81. The molecule has 18 heavy (non-hydrogen) atoms. The molecule has 1 aliphatic carbocycles. The molecule has 0 amide bonds. The zero-order valence-electron chi connectivity index (χ0n) is 10.8. The van der Waals surface area contributed by atoms with Crippen LogP contribution in [0.2, 0.25) is 0 Å². The molecule has 2 atom stereocenters. The van der Waals surface area contributed by atoms with Gasteiger partial charge in [0, 0.05) is 12.7 Å². The van der Waals surface area contributed by atoms with Crippen molar-refractivity contribution in [2.75, 3.05) is 11.9 Å². The van der Waals surface area contributed by atoms with Crippen molar-refractivity contribution in [3.63, 3.8) is 0 Å². The lowest BCUT2D eigenvalue weighted by Crippen LogP contribution is -2.24. The third-order valence-corrected chi connectivity index (χ3v) is 4.05. The van der Waals surface area contributed by atoms with Crippen LogP contribution < -0.4 is 5.32 Å². The lowest BCUT2D eigenvalue weighted by atomic mass is 9.80. The smallest absolute Gasteiger partial charge is 0.243 e. The largest absolute Gasteiger partial charge is 0.353 e. The molecule has 1 fully saturated rings. The SMILES string of the molecule is CC1CCCCC1CNc1nc2ccccn2n1. The first-order valence-electron chi connectivity index (χ1n) is 6.88. The van der Waals surface area contributed by atoms with E-state index in [1.54, 1.807) is 0 Å². The number of anilines is 1. The Morgan fingerprint density at radius 2 is 2.22 bits per heavy atom. The van der Waals surface area contributed by atoms with Crippen LogP contribution in [0.4, 0.5) is 5.95 Å². The highest BCUT2D eigenvalue weighted by Gasteiger charge is 2.21. The molecule has 2 unspecified atom stereocenters. The Balaban J connectivity index is 1.65. The van der Waals surface area contributed by atoms with E-state index in [1.165, 1.54) is 25.7 Å². The molecule has 0 bridgehead atoms. The highest BCUT2D eigenvalue weighted by atomic mass is 15.3. The average molecular weight is 244 g/mol. The maximum atomic E-state index is 4.46. The monoisotopic (exact) mass is 244 g/mol. The Bertz CT molecular complexity index is 486. The highest BCUT2D eigenvalue weighted by molar-refractivity contribution is 5.42. The Morgan fingerprint density at radius 3 is 3.06 bits per heavy atom. The van der Waals surface area contributed by atoms with Crippen LogP contribution in [0.5, 0.6) is 0 Å². The molecular formula is C14H20N4. The van der Waals surface area contributed by atoms with E-state index in [0.29, 0.717) is 0 Å². The van der Waals surface area contributed by atoms with Crippen molar-refractivity contribution in [1.29, 1.82) is 0 Å². The van der Waals surface area contributed by atoms with Crippen molar-refractivity contribution in [2.45, 2.75) is 32.6 Å². The fourth-order valence-electron chi connectivity index (χ4n) is 2.83. The molecule has 0 spiro atoms. The number of nitrogens with one attached hydrogen (secondary N) is 1. The third-order valence-electron chi connectivity index (χ3n) is 4.05. The van der Waals surface area contributed by atoms with Crippen molar-refractivity contribution < 1.29 is 0 Å². The minimum atomic E-state index is 0.749. The van der Waals surface area contributed by atoms with E-state index in [-0.39, 0.29) is 0 Å². The van der Waals surface area contributed by atoms with Gasteiger partial charge in [-0.1, -0.05) is 32.3 Å². The van der Waals surface area contributed by atoms with E-state index in [0.717, 1.165) is 30.0 Å². The van der Waals surface area contributed by atoms with Crippen LogP contribution in [-0.2, 0) is 0 Å². The predicted molar refractivity (Wildman–Crippen MR) is 72.6 cm³/mol. The fraction of sp³-hybridized carbons (Fsp3) is 0.571. The number of hydrogen-bond acceptors (Lipinski definition) is 3. The van der Waals surface area contributed by atoms with E-state index in [1.807, 2.05) is 28.9 Å². The molecule has 1 N–H and O–H groups in total. The molecule has 0 radical (unpaired) electrons. The zero-order valence-corrected chi connectivity index (χ0v) is 10.8. The summed E-state index contributed by atoms with van der Waals surface area (Å²) in [4.78, 5) is 4.46. The Hall–Kier alpha value is -1.58. The van der Waals surface area contributed by atoms with Gasteiger partial charge in [-0.05, 0) is 30.4 Å². The predicted octanol–water partition coefficient (Wildman–Crippen LogP) is 2.97. The summed E-state index contributed by atoms with van der Waals surface area (Å²) in [6, 6.07) is 5.92. The van der Waals surface area contributed by atoms with E-state index < -0.39 is 0 Å². The van der Waals surface area contributed by atoms with Crippen LogP contribution in [-0.4, -0.2) is 21.1 Å². The number of pyridine rings is 1. The first kappa shape index (κ1) is 11.5. The van der Waals surface area contributed by atoms with Crippen LogP contribution in [0, 0.1) is 11.8 Å². The molecule has 1 saturated carbocycles. The number of rotatable bonds is 3. The number of fused-ring (bicyclic) bond motifs is 1. The first-order chi connectivity index (χ1) is 8.83. The molecule has 3 rings (SSSR count). The van der Waals surface area contributed by atoms with E-state index in [4.69, 9.17) is 0 Å². The first-order valence-corrected chi connectivity index (χ1v) is 6.88. The Labute approximate surface area is 107 Å². The molecule has 0 saturated heterocycles. The summed E-state index contributed by atoms with van der Waals surface area (Å²) in [5.41, 5.74) is 0.900. The topological polar surface area (TPSA) is 42.2 Å². The van der Waals surface area contributed by atoms with Gasteiger partial charge in [0.05, 0.1) is 0 Å². The quantitative estimate of drug-likeness (QED) is 0.902. The van der Waals surface area contributed by atoms with Crippen LogP contribution in [0.1, 0.15) is 32.6 Å². The molecule has 1 aliphatic rings. The third kappa shape index (κ3) is 2.33. The van der Waals surface area contributed by atoms with E-state index >= 15 is 0 Å². The maximum absolute atomic E-state index is 4.46. The second kappa shape index (κ2) is 4.96. The van der Waals surface area contributed by atoms with Crippen LogP contribution in [0.15, 0.2) is 24.4 Å². The van der Waals surface area contributed by atoms with Crippen molar-refractivity contribution in [3.05, 3.63) is 24.4 Å². The van der Waals surface area contributed by atoms with E-state index in [2.05, 4.69) is 22.3 Å². The molecule has 96 valence electrons. The summed E-state index contributed by atoms with van der Waals surface area (Å²) < 4.78 is 1.81. The van der Waals surface area contributed by atoms with Gasteiger partial charge in [0.15, 0.2) is 5.65 Å². The van der Waals surface area contributed by atoms with Crippen molar-refractivity contribution in [1.82, 2.24) is 14.6 Å². The highest BCUT2D eigenvalue weighted by Crippen LogP contribution is 2.29. The standard InChI is InChI=1S/C14H20N4/c1-11-6-2-3-7-12(11)10-15-14-16-13-8-4-5-9-18(13)17-14/h4-5,8-9,11-12H,2-3,6-7,10H2,1H3,(H,15,17). The van der Waals surface area contributed by atoms with Crippen LogP contribution >= 0.6 is 0 Å². The molecule has 0 aliphatic heterocycles. The van der Waals surface area contributed by atoms with Crippen LogP contribution in [0.25, 0.3) is 5.65 Å². The fourth-order valence-corrected chi connectivity index (χ4v) is 2.83. The van der Waals surface area contributed by atoms with Gasteiger partial charge >= 0.3 is 0 Å². The van der Waals surface area contributed by atoms with E-state index in [9.17, 15) is 0 Å². The Morgan fingerprint density at radius 1 is 1.33 bits per heavy atom. The van der Waals surface area contributed by atoms with Crippen molar-refractivity contribution in [2.24, 2.45) is 11.8 Å². The zero-order chi connectivity index (χ0) is 12.4. The van der Waals surface area contributed by atoms with Gasteiger partial charge in [-0.2, -0.15) is 4.98 Å². The molecule has 2 aromatic rings. The summed E-state index contributed by atoms with van der Waals surface area (Å²) in [5.74, 6) is 2.34. The van der Waals surface area contributed by atoms with Gasteiger partial charge in [0.25, 0.3) is 0 Å². The summed E-state index contributed by atoms with van der Waals surface area (Å²) in [7, 11) is 0. The van der Waals surface area contributed by atoms with Gasteiger partial charge in [0.2, 0.25) is 5.95 Å². The minimum absolute atomic E-state index is 0.749. The average Bonchev–Trinajstić information content (AvgIpc) is 2.80. The lowest BCUT2D eigenvalue weighted by Gasteiger charge is -2.28. The summed E-state index contributed by atoms with van der Waals surface area (Å²) in [6.45, 7) is 3.36.